The molecule has 2 aliphatic rings. The topological polar surface area (TPSA) is 57.2 Å². The summed E-state index contributed by atoms with van der Waals surface area (Å²) >= 11 is 0. The number of aliphatic hydroxyl groups is 1. The maximum Gasteiger partial charge on any atom is 0.261 e. The Morgan fingerprint density at radius 2 is 1.53 bits per heavy atom. The van der Waals surface area contributed by atoms with Gasteiger partial charge >= 0.3 is 0 Å². The molecule has 0 amide bonds. The number of hydrogen-bond acceptors (Lipinski definition) is 5. The van der Waals surface area contributed by atoms with Crippen molar-refractivity contribution in [2.45, 2.75) is 63.4 Å². The average molecular weight is 429 g/mol. The molecule has 2 fully saturated rings. The zero-order chi connectivity index (χ0) is 21.6. The number of benzene rings is 2. The summed E-state index contributed by atoms with van der Waals surface area (Å²) in [5, 5.41) is 12.6. The van der Waals surface area contributed by atoms with E-state index in [0.717, 1.165) is 0 Å². The Morgan fingerprint density at radius 3 is 2.03 bits per heavy atom. The summed E-state index contributed by atoms with van der Waals surface area (Å²) in [6, 6.07) is 21.0. The minimum atomic E-state index is -2.72. The van der Waals surface area contributed by atoms with Gasteiger partial charge in [-0.05, 0) is 29.3 Å². The highest BCUT2D eigenvalue weighted by atomic mass is 28.4. The molecule has 162 valence electrons. The molecular formula is C24H32O5Si. The molecule has 3 atom stereocenters. The van der Waals surface area contributed by atoms with Crippen molar-refractivity contribution in [2.75, 3.05) is 13.2 Å². The molecule has 2 heterocycles. The van der Waals surface area contributed by atoms with E-state index >= 15 is 0 Å². The average Bonchev–Trinajstić information content (AvgIpc) is 3.14. The summed E-state index contributed by atoms with van der Waals surface area (Å²) < 4.78 is 24.8. The number of fused-ring (bicyclic) bond motifs is 1. The van der Waals surface area contributed by atoms with Crippen LogP contribution in [0.25, 0.3) is 0 Å². The van der Waals surface area contributed by atoms with Crippen molar-refractivity contribution in [1.29, 1.82) is 0 Å². The highest BCUT2D eigenvalue weighted by Crippen LogP contribution is 2.45. The van der Waals surface area contributed by atoms with Crippen molar-refractivity contribution in [2.24, 2.45) is 0 Å². The molecule has 30 heavy (non-hydrogen) atoms. The molecule has 2 aromatic rings. The molecule has 0 aromatic heterocycles. The van der Waals surface area contributed by atoms with Crippen molar-refractivity contribution in [3.63, 3.8) is 0 Å². The van der Waals surface area contributed by atoms with Crippen LogP contribution < -0.4 is 10.4 Å². The Labute approximate surface area is 180 Å². The third-order valence-corrected chi connectivity index (χ3v) is 11.1. The van der Waals surface area contributed by atoms with Crippen molar-refractivity contribution >= 4 is 18.7 Å². The first-order valence-corrected chi connectivity index (χ1v) is 12.4. The van der Waals surface area contributed by atoms with Crippen molar-refractivity contribution in [1.82, 2.24) is 0 Å². The second kappa shape index (κ2) is 7.55. The van der Waals surface area contributed by atoms with Crippen LogP contribution in [-0.2, 0) is 18.6 Å². The highest BCUT2D eigenvalue weighted by Gasteiger charge is 2.62. The van der Waals surface area contributed by atoms with Gasteiger partial charge in [0.25, 0.3) is 8.32 Å². The second-order valence-electron chi connectivity index (χ2n) is 9.76. The van der Waals surface area contributed by atoms with Gasteiger partial charge in [0.15, 0.2) is 12.1 Å². The predicted molar refractivity (Wildman–Crippen MR) is 118 cm³/mol. The molecule has 6 heteroatoms. The Hall–Kier alpha value is -1.54. The Morgan fingerprint density at radius 1 is 1.00 bits per heavy atom. The van der Waals surface area contributed by atoms with Gasteiger partial charge in [0.1, 0.15) is 11.7 Å². The number of aliphatic hydroxyl groups excluding tert-OH is 1. The number of ether oxygens (including phenoxy) is 3. The van der Waals surface area contributed by atoms with E-state index in [4.69, 9.17) is 18.6 Å². The smallest absolute Gasteiger partial charge is 0.261 e. The van der Waals surface area contributed by atoms with Crippen molar-refractivity contribution < 1.29 is 23.7 Å². The van der Waals surface area contributed by atoms with Crippen molar-refractivity contribution in [3.8, 4) is 0 Å². The zero-order valence-electron chi connectivity index (χ0n) is 18.4. The van der Waals surface area contributed by atoms with Crippen LogP contribution in [0.15, 0.2) is 60.7 Å². The molecular weight excluding hydrogens is 396 g/mol. The summed E-state index contributed by atoms with van der Waals surface area (Å²) in [4.78, 5) is 0. The normalized spacial score (nSPS) is 28.5. The van der Waals surface area contributed by atoms with Crippen LogP contribution in [0.5, 0.6) is 0 Å². The monoisotopic (exact) mass is 428 g/mol. The molecule has 2 saturated heterocycles. The highest BCUT2D eigenvalue weighted by molar-refractivity contribution is 6.99. The maximum atomic E-state index is 10.3. The first-order chi connectivity index (χ1) is 14.1. The lowest BCUT2D eigenvalue weighted by Gasteiger charge is -2.44. The molecule has 0 saturated carbocycles. The van der Waals surface area contributed by atoms with E-state index in [9.17, 15) is 5.11 Å². The molecule has 5 nitrogen and oxygen atoms in total. The first kappa shape index (κ1) is 21.7. The summed E-state index contributed by atoms with van der Waals surface area (Å²) in [6.07, 6.45) is -1.60. The lowest BCUT2D eigenvalue weighted by Crippen LogP contribution is -2.68. The van der Waals surface area contributed by atoms with Gasteiger partial charge in [-0.15, -0.1) is 0 Å². The fourth-order valence-corrected chi connectivity index (χ4v) is 9.49. The van der Waals surface area contributed by atoms with Gasteiger partial charge in [0, 0.05) is 0 Å². The lowest BCUT2D eigenvalue weighted by molar-refractivity contribution is -0.215. The Kier molecular flexibility index (Phi) is 5.46. The van der Waals surface area contributed by atoms with Crippen LogP contribution in [0, 0.1) is 0 Å². The van der Waals surface area contributed by atoms with Crippen LogP contribution >= 0.6 is 0 Å². The molecule has 0 aliphatic carbocycles. The molecule has 0 spiro atoms. The van der Waals surface area contributed by atoms with Gasteiger partial charge in [-0.1, -0.05) is 81.4 Å². The molecule has 0 bridgehead atoms. The molecule has 4 rings (SSSR count). The molecule has 2 aliphatic heterocycles. The van der Waals surface area contributed by atoms with Crippen molar-refractivity contribution in [3.05, 3.63) is 60.7 Å². The van der Waals surface area contributed by atoms with E-state index in [2.05, 4.69) is 69.3 Å². The SMILES string of the molecule is CC1(C)O[C@H]2[C@@H](O)OC[C@@]2(CO[Si](c2ccccc2)(c2ccccc2)C(C)(C)C)O1. The van der Waals surface area contributed by atoms with E-state index in [-0.39, 0.29) is 18.3 Å². The Bertz CT molecular complexity index is 825. The largest absolute Gasteiger partial charge is 0.404 e. The quantitative estimate of drug-likeness (QED) is 0.742. The van der Waals surface area contributed by atoms with Gasteiger partial charge < -0.3 is 23.7 Å². The molecule has 0 unspecified atom stereocenters. The summed E-state index contributed by atoms with van der Waals surface area (Å²) in [5.74, 6) is -0.801. The summed E-state index contributed by atoms with van der Waals surface area (Å²) in [5.41, 5.74) is -0.837. The predicted octanol–water partition coefficient (Wildman–Crippen LogP) is 2.80. The fourth-order valence-electron chi connectivity index (χ4n) is 4.87. The van der Waals surface area contributed by atoms with E-state index < -0.39 is 32.1 Å². The van der Waals surface area contributed by atoms with Crippen LogP contribution in [0.4, 0.5) is 0 Å². The second-order valence-corrected chi connectivity index (χ2v) is 14.1. The van der Waals surface area contributed by atoms with Crippen LogP contribution in [0.2, 0.25) is 5.04 Å². The van der Waals surface area contributed by atoms with E-state index in [0.29, 0.717) is 0 Å². The van der Waals surface area contributed by atoms with Crippen LogP contribution in [-0.4, -0.2) is 50.4 Å². The lowest BCUT2D eigenvalue weighted by atomic mass is 10.0. The van der Waals surface area contributed by atoms with Gasteiger partial charge in [-0.3, -0.25) is 0 Å². The minimum absolute atomic E-state index is 0.144. The van der Waals surface area contributed by atoms with Crippen LogP contribution in [0.1, 0.15) is 34.6 Å². The van der Waals surface area contributed by atoms with E-state index in [1.165, 1.54) is 10.4 Å². The number of rotatable bonds is 5. The van der Waals surface area contributed by atoms with Gasteiger partial charge in [0.2, 0.25) is 0 Å². The van der Waals surface area contributed by atoms with Gasteiger partial charge in [-0.25, -0.2) is 0 Å². The van der Waals surface area contributed by atoms with Crippen LogP contribution in [0.3, 0.4) is 0 Å². The first-order valence-electron chi connectivity index (χ1n) is 10.5. The number of hydrogen-bond donors (Lipinski definition) is 1. The van der Waals surface area contributed by atoms with Gasteiger partial charge in [0.05, 0.1) is 13.2 Å². The third-order valence-electron chi connectivity index (χ3n) is 6.09. The third kappa shape index (κ3) is 3.55. The maximum absolute atomic E-state index is 10.3. The summed E-state index contributed by atoms with van der Waals surface area (Å²) in [6.45, 7) is 11.0. The minimum Gasteiger partial charge on any atom is -0.404 e. The zero-order valence-corrected chi connectivity index (χ0v) is 19.4. The molecule has 2 aromatic carbocycles. The van der Waals surface area contributed by atoms with E-state index in [1.807, 2.05) is 26.0 Å². The van der Waals surface area contributed by atoms with Gasteiger partial charge in [-0.2, -0.15) is 0 Å². The Balaban J connectivity index is 1.78. The summed E-state index contributed by atoms with van der Waals surface area (Å²) in [7, 11) is -2.72. The van der Waals surface area contributed by atoms with E-state index in [1.54, 1.807) is 0 Å². The molecule has 0 radical (unpaired) electrons. The fraction of sp³-hybridized carbons (Fsp3) is 0.500. The molecule has 1 N–H and O–H groups in total. The standard InChI is InChI=1S/C24H32O5Si/c1-22(2,3)30(18-12-8-6-9-13-18,19-14-10-7-11-15-19)27-17-24-16-26-21(25)20(24)28-23(4,5)29-24/h6-15,20-21,25H,16-17H2,1-5H3/t20-,21-,24-/m0/s1.